The van der Waals surface area contributed by atoms with Crippen molar-refractivity contribution in [1.29, 1.82) is 0 Å². The molecule has 224 valence electrons. The Labute approximate surface area is 233 Å². The number of aryl methyl sites for hydroxylation is 1. The number of piperidine rings is 1. The Balaban J connectivity index is 0.000000425. The molecule has 0 spiro atoms. The second-order valence-corrected chi connectivity index (χ2v) is 13.4. The average molecular weight is 609 g/mol. The number of carbonyl (C=O) groups excluding carboxylic acids is 1. The first kappa shape index (κ1) is 33.7. The molecule has 14 heteroatoms. The first-order valence-electron chi connectivity index (χ1n) is 12.5. The summed E-state index contributed by atoms with van der Waals surface area (Å²) in [6, 6.07) is 6.87. The third-order valence-corrected chi connectivity index (χ3v) is 9.07. The molecule has 1 atom stereocenters. The number of likely N-dealkylation sites (tertiary alicyclic amines) is 1. The van der Waals surface area contributed by atoms with Crippen molar-refractivity contribution < 1.29 is 44.1 Å². The van der Waals surface area contributed by atoms with Crippen molar-refractivity contribution >= 4 is 25.9 Å². The minimum absolute atomic E-state index is 0.00278. The van der Waals surface area contributed by atoms with Gasteiger partial charge >= 0.3 is 0 Å². The normalized spacial score (nSPS) is 15.3. The molecule has 3 N–H and O–H groups in total. The van der Waals surface area contributed by atoms with Crippen LogP contribution in [0.3, 0.4) is 0 Å². The molecule has 0 aliphatic carbocycles. The van der Waals surface area contributed by atoms with Crippen LogP contribution in [-0.4, -0.2) is 76.5 Å². The molecular weight excluding hydrogens is 573 g/mol. The van der Waals surface area contributed by atoms with E-state index in [1.165, 1.54) is 19.2 Å². The molecule has 0 bridgehead atoms. The van der Waals surface area contributed by atoms with E-state index >= 15 is 0 Å². The van der Waals surface area contributed by atoms with Crippen molar-refractivity contribution in [3.8, 4) is 0 Å². The Bertz CT molecular complexity index is 1350. The molecule has 1 aliphatic heterocycles. The van der Waals surface area contributed by atoms with Crippen molar-refractivity contribution in [3.05, 3.63) is 65.0 Å². The van der Waals surface area contributed by atoms with Gasteiger partial charge in [-0.05, 0) is 55.9 Å². The molecule has 2 aromatic carbocycles. The van der Waals surface area contributed by atoms with Gasteiger partial charge in [-0.15, -0.1) is 0 Å². The summed E-state index contributed by atoms with van der Waals surface area (Å²) in [5, 5.41) is 0. The summed E-state index contributed by atoms with van der Waals surface area (Å²) in [6.45, 7) is 2.79. The third-order valence-electron chi connectivity index (χ3n) is 6.59. The smallest absolute Gasteiger partial charge is 0.294 e. The van der Waals surface area contributed by atoms with E-state index in [1.54, 1.807) is 17.0 Å². The Morgan fingerprint density at radius 1 is 1.02 bits per heavy atom. The van der Waals surface area contributed by atoms with Gasteiger partial charge in [-0.25, -0.2) is 21.6 Å². The maximum atomic E-state index is 13.8. The largest absolute Gasteiger partial charge is 0.384 e. The minimum atomic E-state index is -4.02. The minimum Gasteiger partial charge on any atom is -0.384 e. The van der Waals surface area contributed by atoms with Crippen LogP contribution in [0.15, 0.2) is 41.3 Å². The van der Waals surface area contributed by atoms with Gasteiger partial charge in [0.1, 0.15) is 5.82 Å². The SMILES string of the molecule is COCCS(=O)(=O)CCC(=O)N1CCC([C@H](N)Cc2cc(F)c(F)cc2F)CC1.Cc1ccc(S(=O)(=O)O)cc1. The van der Waals surface area contributed by atoms with Crippen LogP contribution < -0.4 is 5.73 Å². The van der Waals surface area contributed by atoms with Crippen LogP contribution in [0.5, 0.6) is 0 Å². The van der Waals surface area contributed by atoms with E-state index in [2.05, 4.69) is 0 Å². The first-order chi connectivity index (χ1) is 18.6. The molecule has 0 unspecified atom stereocenters. The molecule has 2 aromatic rings. The maximum Gasteiger partial charge on any atom is 0.294 e. The molecule has 1 fully saturated rings. The summed E-state index contributed by atoms with van der Waals surface area (Å²) in [7, 11) is -5.94. The molecule has 0 radical (unpaired) electrons. The zero-order valence-corrected chi connectivity index (χ0v) is 24.0. The molecule has 0 saturated carbocycles. The lowest BCUT2D eigenvalue weighted by Crippen LogP contribution is -2.44. The number of methoxy groups -OCH3 is 1. The number of nitrogens with zero attached hydrogens (tertiary/aromatic N) is 1. The standard InChI is InChI=1S/C19H27F3N2O4S.C7H8O3S/c1-28-7-9-29(26,27)8-4-19(25)24-5-2-13(3-6-24)18(23)11-14-10-16(21)17(22)12-15(14)20;1-6-2-4-7(5-3-6)11(8,9)10/h10,12-13,18H,2-9,11,23H2,1H3;2-5H,1H3,(H,8,9,10)/t18-;/m1./s1. The summed E-state index contributed by atoms with van der Waals surface area (Å²) >= 11 is 0. The lowest BCUT2D eigenvalue weighted by molar-refractivity contribution is -0.132. The number of amides is 1. The number of nitrogens with two attached hydrogens (primary N) is 1. The second kappa shape index (κ2) is 14.9. The number of halogens is 3. The molecule has 9 nitrogen and oxygen atoms in total. The van der Waals surface area contributed by atoms with Crippen LogP contribution >= 0.6 is 0 Å². The highest BCUT2D eigenvalue weighted by atomic mass is 32.2. The zero-order chi connectivity index (χ0) is 30.1. The summed E-state index contributed by atoms with van der Waals surface area (Å²) in [5.74, 6) is -3.76. The van der Waals surface area contributed by atoms with Crippen LogP contribution in [0.25, 0.3) is 0 Å². The predicted octanol–water partition coefficient (Wildman–Crippen LogP) is 2.91. The molecule has 1 heterocycles. The van der Waals surface area contributed by atoms with Crippen molar-refractivity contribution in [2.45, 2.75) is 43.5 Å². The lowest BCUT2D eigenvalue weighted by atomic mass is 9.86. The van der Waals surface area contributed by atoms with Gasteiger partial charge in [0.05, 0.1) is 23.0 Å². The van der Waals surface area contributed by atoms with E-state index in [0.29, 0.717) is 32.0 Å². The number of rotatable bonds is 10. The number of hydrogen-bond donors (Lipinski definition) is 2. The van der Waals surface area contributed by atoms with Gasteiger partial charge in [-0.2, -0.15) is 8.42 Å². The number of sulfone groups is 1. The van der Waals surface area contributed by atoms with Gasteiger partial charge in [-0.1, -0.05) is 17.7 Å². The van der Waals surface area contributed by atoms with E-state index in [0.717, 1.165) is 11.6 Å². The Morgan fingerprint density at radius 2 is 1.60 bits per heavy atom. The van der Waals surface area contributed by atoms with E-state index in [1.807, 2.05) is 6.92 Å². The lowest BCUT2D eigenvalue weighted by Gasteiger charge is -2.35. The van der Waals surface area contributed by atoms with Gasteiger partial charge in [0.2, 0.25) is 5.91 Å². The topological polar surface area (TPSA) is 144 Å². The van der Waals surface area contributed by atoms with Gasteiger partial charge in [0, 0.05) is 38.7 Å². The maximum absolute atomic E-state index is 13.8. The molecule has 0 aromatic heterocycles. The van der Waals surface area contributed by atoms with Gasteiger partial charge in [0.25, 0.3) is 10.1 Å². The highest BCUT2D eigenvalue weighted by Crippen LogP contribution is 2.24. The highest BCUT2D eigenvalue weighted by Gasteiger charge is 2.28. The first-order valence-corrected chi connectivity index (χ1v) is 15.8. The number of carbonyl (C=O) groups is 1. The van der Waals surface area contributed by atoms with E-state index < -0.39 is 43.4 Å². The number of benzene rings is 2. The number of ether oxygens (including phenoxy) is 1. The van der Waals surface area contributed by atoms with Gasteiger partial charge in [-0.3, -0.25) is 9.35 Å². The molecule has 40 heavy (non-hydrogen) atoms. The fourth-order valence-corrected chi connectivity index (χ4v) is 5.73. The van der Waals surface area contributed by atoms with Crippen molar-refractivity contribution in [3.63, 3.8) is 0 Å². The monoisotopic (exact) mass is 608 g/mol. The molecular formula is C26H35F3N2O7S2. The van der Waals surface area contributed by atoms with Crippen LogP contribution in [0, 0.1) is 30.3 Å². The molecule has 3 rings (SSSR count). The Hall–Kier alpha value is -2.52. The van der Waals surface area contributed by atoms with Gasteiger partial charge in [0.15, 0.2) is 21.5 Å². The van der Waals surface area contributed by atoms with Crippen LogP contribution in [0.1, 0.15) is 30.4 Å². The quantitative estimate of drug-likeness (QED) is 0.310. The van der Waals surface area contributed by atoms with E-state index in [-0.39, 0.29) is 53.2 Å². The molecule has 1 amide bonds. The molecule has 1 saturated heterocycles. The Morgan fingerprint density at radius 3 is 2.15 bits per heavy atom. The van der Waals surface area contributed by atoms with E-state index in [9.17, 15) is 34.8 Å². The average Bonchev–Trinajstić information content (AvgIpc) is 2.89. The number of hydrogen-bond acceptors (Lipinski definition) is 7. The van der Waals surface area contributed by atoms with Crippen LogP contribution in [-0.2, 0) is 35.9 Å². The zero-order valence-electron chi connectivity index (χ0n) is 22.4. The highest BCUT2D eigenvalue weighted by molar-refractivity contribution is 7.91. The fourth-order valence-electron chi connectivity index (χ4n) is 4.14. The fraction of sp³-hybridized carbons (Fsp3) is 0.500. The van der Waals surface area contributed by atoms with Crippen LogP contribution in [0.4, 0.5) is 13.2 Å². The Kier molecular flexibility index (Phi) is 12.6. The van der Waals surface area contributed by atoms with Crippen molar-refractivity contribution in [2.24, 2.45) is 11.7 Å². The van der Waals surface area contributed by atoms with E-state index in [4.69, 9.17) is 15.0 Å². The molecule has 1 aliphatic rings. The summed E-state index contributed by atoms with van der Waals surface area (Å²) in [4.78, 5) is 13.8. The van der Waals surface area contributed by atoms with Gasteiger partial charge < -0.3 is 15.4 Å². The van der Waals surface area contributed by atoms with Crippen LogP contribution in [0.2, 0.25) is 0 Å². The van der Waals surface area contributed by atoms with Crippen molar-refractivity contribution in [1.82, 2.24) is 4.90 Å². The predicted molar refractivity (Wildman–Crippen MR) is 143 cm³/mol. The second-order valence-electron chi connectivity index (χ2n) is 9.63. The summed E-state index contributed by atoms with van der Waals surface area (Å²) < 4.78 is 98.1. The summed E-state index contributed by atoms with van der Waals surface area (Å²) in [6.07, 6.45) is 1.14. The van der Waals surface area contributed by atoms with Crippen molar-refractivity contribution in [2.75, 3.05) is 38.3 Å². The third kappa shape index (κ3) is 10.8. The summed E-state index contributed by atoms with van der Waals surface area (Å²) in [5.41, 5.74) is 7.12.